The molecule has 0 radical (unpaired) electrons. The average Bonchev–Trinajstić information content (AvgIpc) is 3.05. The van der Waals surface area contributed by atoms with Gasteiger partial charge in [0.05, 0.1) is 13.2 Å². The van der Waals surface area contributed by atoms with Crippen molar-refractivity contribution in [2.24, 2.45) is 0 Å². The minimum atomic E-state index is -0.161. The molecule has 0 aliphatic rings. The minimum absolute atomic E-state index is 0.161. The maximum Gasteiger partial charge on any atom is 0.306 e. The maximum atomic E-state index is 12.1. The van der Waals surface area contributed by atoms with Crippen LogP contribution in [0.15, 0.2) is 18.2 Å². The summed E-state index contributed by atoms with van der Waals surface area (Å²) < 4.78 is 17.8. The molecule has 0 bridgehead atoms. The highest BCUT2D eigenvalue weighted by molar-refractivity contribution is 9.09. The number of esters is 1. The van der Waals surface area contributed by atoms with Gasteiger partial charge in [-0.1, -0.05) is 177 Å². The fourth-order valence-corrected chi connectivity index (χ4v) is 6.05. The van der Waals surface area contributed by atoms with Crippen molar-refractivity contribution in [2.75, 3.05) is 18.5 Å². The molecular formula is C40H71BrO4. The molecule has 1 rings (SSSR count). The second kappa shape index (κ2) is 32.7. The third-order valence-corrected chi connectivity index (χ3v) is 9.20. The van der Waals surface area contributed by atoms with Crippen LogP contribution in [0.1, 0.15) is 193 Å². The van der Waals surface area contributed by atoms with E-state index >= 15 is 0 Å². The van der Waals surface area contributed by atoms with E-state index in [0.29, 0.717) is 19.6 Å². The van der Waals surface area contributed by atoms with Crippen LogP contribution < -0.4 is 9.47 Å². The molecule has 0 aliphatic carbocycles. The second-order valence-electron chi connectivity index (χ2n) is 13.1. The van der Waals surface area contributed by atoms with Gasteiger partial charge in [0.15, 0.2) is 0 Å². The lowest BCUT2D eigenvalue weighted by Crippen LogP contribution is -2.06. The van der Waals surface area contributed by atoms with Gasteiger partial charge < -0.3 is 14.2 Å². The number of rotatable bonds is 34. The van der Waals surface area contributed by atoms with Crippen LogP contribution >= 0.6 is 15.9 Å². The monoisotopic (exact) mass is 694 g/mol. The number of halogens is 1. The van der Waals surface area contributed by atoms with Crippen LogP contribution in [-0.2, 0) is 16.1 Å². The van der Waals surface area contributed by atoms with E-state index in [-0.39, 0.29) is 12.6 Å². The summed E-state index contributed by atoms with van der Waals surface area (Å²) in [7, 11) is 0. The summed E-state index contributed by atoms with van der Waals surface area (Å²) in [6.45, 7) is 6.24. The standard InChI is InChI=1S/C40H71BrO4/c1-3-5-7-9-11-13-14-15-16-17-18-19-21-23-25-27-32-44-39-34-37(36-45-40(42)29-28-30-41)33-38(35-39)43-31-26-24-22-20-12-10-8-6-4-2/h33-35H,3-32,36H2,1-2H3. The van der Waals surface area contributed by atoms with E-state index in [1.165, 1.54) is 148 Å². The van der Waals surface area contributed by atoms with E-state index in [4.69, 9.17) is 14.2 Å². The first-order chi connectivity index (χ1) is 22.2. The molecule has 0 fully saturated rings. The van der Waals surface area contributed by atoms with Crippen LogP contribution in [0.5, 0.6) is 11.5 Å². The Morgan fingerprint density at radius 2 is 0.867 bits per heavy atom. The number of carbonyl (C=O) groups is 1. The summed E-state index contributed by atoms with van der Waals surface area (Å²) in [5.74, 6) is 1.46. The lowest BCUT2D eigenvalue weighted by atomic mass is 10.0. The number of hydrogen-bond donors (Lipinski definition) is 0. The van der Waals surface area contributed by atoms with Gasteiger partial charge in [-0.05, 0) is 37.0 Å². The van der Waals surface area contributed by atoms with Crippen molar-refractivity contribution in [3.05, 3.63) is 23.8 Å². The Balaban J connectivity index is 2.25. The van der Waals surface area contributed by atoms with Crippen LogP contribution in [0.2, 0.25) is 0 Å². The van der Waals surface area contributed by atoms with Gasteiger partial charge >= 0.3 is 5.97 Å². The van der Waals surface area contributed by atoms with E-state index in [1.807, 2.05) is 18.2 Å². The van der Waals surface area contributed by atoms with Crippen LogP contribution in [0.4, 0.5) is 0 Å². The molecule has 45 heavy (non-hydrogen) atoms. The summed E-state index contributed by atoms with van der Waals surface area (Å²) >= 11 is 3.38. The zero-order valence-electron chi connectivity index (χ0n) is 29.7. The highest BCUT2D eigenvalue weighted by atomic mass is 79.9. The Bertz CT molecular complexity index is 784. The zero-order valence-corrected chi connectivity index (χ0v) is 31.2. The van der Waals surface area contributed by atoms with Gasteiger partial charge in [-0.25, -0.2) is 0 Å². The largest absolute Gasteiger partial charge is 0.493 e. The first kappa shape index (κ1) is 41.8. The van der Waals surface area contributed by atoms with Crippen molar-refractivity contribution >= 4 is 21.9 Å². The quantitative estimate of drug-likeness (QED) is 0.0409. The molecule has 0 unspecified atom stereocenters. The normalized spacial score (nSPS) is 11.2. The van der Waals surface area contributed by atoms with Crippen molar-refractivity contribution in [3.63, 3.8) is 0 Å². The smallest absolute Gasteiger partial charge is 0.306 e. The highest BCUT2D eigenvalue weighted by Gasteiger charge is 2.08. The molecular weight excluding hydrogens is 624 g/mol. The molecule has 4 nitrogen and oxygen atoms in total. The summed E-state index contributed by atoms with van der Waals surface area (Å²) in [5, 5.41) is 0.807. The van der Waals surface area contributed by atoms with Gasteiger partial charge in [0.1, 0.15) is 18.1 Å². The molecule has 1 aromatic carbocycles. The van der Waals surface area contributed by atoms with E-state index in [9.17, 15) is 4.79 Å². The summed E-state index contributed by atoms with van der Waals surface area (Å²) in [5.41, 5.74) is 0.925. The lowest BCUT2D eigenvalue weighted by molar-refractivity contribution is -0.144. The molecule has 1 aromatic rings. The van der Waals surface area contributed by atoms with Gasteiger partial charge in [-0.3, -0.25) is 4.79 Å². The number of ether oxygens (including phenoxy) is 3. The first-order valence-corrected chi connectivity index (χ1v) is 20.4. The highest BCUT2D eigenvalue weighted by Crippen LogP contribution is 2.25. The van der Waals surface area contributed by atoms with Crippen LogP contribution in [0.3, 0.4) is 0 Å². The third-order valence-electron chi connectivity index (χ3n) is 8.64. The van der Waals surface area contributed by atoms with Crippen LogP contribution in [0, 0.1) is 0 Å². The zero-order chi connectivity index (χ0) is 32.5. The predicted octanol–water partition coefficient (Wildman–Crippen LogP) is 13.5. The topological polar surface area (TPSA) is 44.8 Å². The number of hydrogen-bond acceptors (Lipinski definition) is 4. The Morgan fingerprint density at radius 1 is 0.511 bits per heavy atom. The summed E-state index contributed by atoms with van der Waals surface area (Å²) in [6.07, 6.45) is 34.8. The molecule has 0 atom stereocenters. The van der Waals surface area contributed by atoms with Crippen molar-refractivity contribution in [1.82, 2.24) is 0 Å². The number of benzene rings is 1. The van der Waals surface area contributed by atoms with Crippen LogP contribution in [-0.4, -0.2) is 24.5 Å². The molecule has 0 heterocycles. The Hall–Kier alpha value is -1.23. The molecule has 0 aromatic heterocycles. The van der Waals surface area contributed by atoms with Gasteiger partial charge in [0.2, 0.25) is 0 Å². The number of alkyl halides is 1. The van der Waals surface area contributed by atoms with Gasteiger partial charge in [-0.15, -0.1) is 0 Å². The fraction of sp³-hybridized carbons (Fsp3) is 0.825. The lowest BCUT2D eigenvalue weighted by Gasteiger charge is -2.13. The van der Waals surface area contributed by atoms with Crippen molar-refractivity contribution in [3.8, 4) is 11.5 Å². The Labute approximate surface area is 287 Å². The van der Waals surface area contributed by atoms with Crippen LogP contribution in [0.25, 0.3) is 0 Å². The molecule has 0 spiro atoms. The molecule has 262 valence electrons. The second-order valence-corrected chi connectivity index (χ2v) is 13.9. The number of unbranched alkanes of at least 4 members (excludes halogenated alkanes) is 23. The minimum Gasteiger partial charge on any atom is -0.493 e. The predicted molar refractivity (Wildman–Crippen MR) is 197 cm³/mol. The van der Waals surface area contributed by atoms with Crippen molar-refractivity contribution < 1.29 is 19.0 Å². The Morgan fingerprint density at radius 3 is 1.22 bits per heavy atom. The molecule has 0 saturated carbocycles. The van der Waals surface area contributed by atoms with Crippen molar-refractivity contribution in [1.29, 1.82) is 0 Å². The summed E-state index contributed by atoms with van der Waals surface area (Å²) in [4.78, 5) is 12.1. The molecule has 0 aliphatic heterocycles. The summed E-state index contributed by atoms with van der Waals surface area (Å²) in [6, 6.07) is 5.99. The maximum absolute atomic E-state index is 12.1. The third kappa shape index (κ3) is 27.6. The van der Waals surface area contributed by atoms with Crippen molar-refractivity contribution in [2.45, 2.75) is 194 Å². The molecule has 5 heteroatoms. The van der Waals surface area contributed by atoms with Gasteiger partial charge in [0, 0.05) is 17.8 Å². The van der Waals surface area contributed by atoms with E-state index < -0.39 is 0 Å². The van der Waals surface area contributed by atoms with E-state index in [1.54, 1.807) is 0 Å². The SMILES string of the molecule is CCCCCCCCCCCCCCCCCCOc1cc(COC(=O)CCCBr)cc(OCCCCCCCCCCC)c1. The van der Waals surface area contributed by atoms with E-state index in [2.05, 4.69) is 29.8 Å². The first-order valence-electron chi connectivity index (χ1n) is 19.3. The molecule has 0 N–H and O–H groups in total. The average molecular weight is 696 g/mol. The van der Waals surface area contributed by atoms with E-state index in [0.717, 1.165) is 41.7 Å². The Kier molecular flexibility index (Phi) is 30.4. The molecule has 0 saturated heterocycles. The number of carbonyl (C=O) groups excluding carboxylic acids is 1. The fourth-order valence-electron chi connectivity index (χ4n) is 5.77. The van der Waals surface area contributed by atoms with Gasteiger partial charge in [-0.2, -0.15) is 0 Å². The van der Waals surface area contributed by atoms with Gasteiger partial charge in [0.25, 0.3) is 0 Å². The molecule has 0 amide bonds.